The summed E-state index contributed by atoms with van der Waals surface area (Å²) in [6.07, 6.45) is 0.535. The Kier molecular flexibility index (Phi) is 3.62. The predicted octanol–water partition coefficient (Wildman–Crippen LogP) is 2.46. The van der Waals surface area contributed by atoms with Crippen LogP contribution in [0.3, 0.4) is 0 Å². The molecule has 0 bridgehead atoms. The number of thiophene rings is 1. The fraction of sp³-hybridized carbons (Fsp3) is 0.200. The van der Waals surface area contributed by atoms with Gasteiger partial charge in [0.2, 0.25) is 5.91 Å². The average molecular weight is 301 g/mol. The van der Waals surface area contributed by atoms with Crippen LogP contribution in [0.4, 0.5) is 15.5 Å². The normalized spacial score (nSPS) is 16.4. The molecule has 0 unspecified atom stereocenters. The van der Waals surface area contributed by atoms with Crippen molar-refractivity contribution in [2.45, 2.75) is 12.5 Å². The molecule has 2 aromatic rings. The maximum absolute atomic E-state index is 12.5. The highest BCUT2D eigenvalue weighted by Crippen LogP contribution is 2.33. The van der Waals surface area contributed by atoms with Crippen LogP contribution < -0.4 is 15.5 Å². The van der Waals surface area contributed by atoms with Crippen LogP contribution in [0.25, 0.3) is 0 Å². The molecule has 0 saturated heterocycles. The van der Waals surface area contributed by atoms with Crippen LogP contribution in [-0.4, -0.2) is 25.0 Å². The second-order valence-electron chi connectivity index (χ2n) is 4.74. The van der Waals surface area contributed by atoms with Gasteiger partial charge in [-0.3, -0.25) is 15.0 Å². The minimum Gasteiger partial charge on any atom is -0.357 e. The summed E-state index contributed by atoms with van der Waals surface area (Å²) < 4.78 is 0. The topological polar surface area (TPSA) is 61.4 Å². The largest absolute Gasteiger partial charge is 0.357 e. The van der Waals surface area contributed by atoms with Gasteiger partial charge in [0.25, 0.3) is 0 Å². The van der Waals surface area contributed by atoms with Crippen LogP contribution in [0.15, 0.2) is 41.8 Å². The van der Waals surface area contributed by atoms with Crippen LogP contribution in [0.5, 0.6) is 0 Å². The fourth-order valence-electron chi connectivity index (χ4n) is 2.53. The number of likely N-dealkylation sites (N-methyl/N-ethyl adjacent to an activating group) is 1. The number of amides is 3. The van der Waals surface area contributed by atoms with Gasteiger partial charge in [-0.1, -0.05) is 18.2 Å². The number of nitrogens with zero attached hydrogens (tertiary/aromatic N) is 1. The Labute approximate surface area is 126 Å². The molecule has 2 N–H and O–H groups in total. The van der Waals surface area contributed by atoms with Crippen LogP contribution in [-0.2, 0) is 11.2 Å². The van der Waals surface area contributed by atoms with E-state index in [0.717, 1.165) is 16.3 Å². The van der Waals surface area contributed by atoms with E-state index in [-0.39, 0.29) is 11.9 Å². The molecule has 0 radical (unpaired) electrons. The molecule has 0 aliphatic carbocycles. The molecule has 0 saturated carbocycles. The highest BCUT2D eigenvalue weighted by atomic mass is 32.1. The summed E-state index contributed by atoms with van der Waals surface area (Å²) in [5.74, 6) is -0.160. The number of urea groups is 1. The molecule has 2 heterocycles. The lowest BCUT2D eigenvalue weighted by Crippen LogP contribution is -2.48. The molecular formula is C15H15N3O2S. The third kappa shape index (κ3) is 2.50. The molecule has 0 spiro atoms. The molecule has 3 rings (SSSR count). The maximum atomic E-state index is 12.5. The van der Waals surface area contributed by atoms with E-state index < -0.39 is 6.04 Å². The summed E-state index contributed by atoms with van der Waals surface area (Å²) in [7, 11) is 1.58. The molecule has 108 valence electrons. The molecule has 6 heteroatoms. The first-order valence-corrected chi connectivity index (χ1v) is 7.52. The number of carbonyl (C=O) groups is 2. The fourth-order valence-corrected chi connectivity index (χ4v) is 3.14. The Morgan fingerprint density at radius 1 is 1.24 bits per heavy atom. The van der Waals surface area contributed by atoms with Crippen molar-refractivity contribution in [1.29, 1.82) is 0 Å². The van der Waals surface area contributed by atoms with Gasteiger partial charge in [0, 0.05) is 19.2 Å². The number of nitrogens with one attached hydrogen (secondary N) is 2. The van der Waals surface area contributed by atoms with Crippen molar-refractivity contribution >= 4 is 34.0 Å². The zero-order valence-electron chi connectivity index (χ0n) is 11.5. The van der Waals surface area contributed by atoms with Crippen molar-refractivity contribution < 1.29 is 9.59 Å². The predicted molar refractivity (Wildman–Crippen MR) is 83.8 cm³/mol. The Morgan fingerprint density at radius 3 is 2.76 bits per heavy atom. The minimum absolute atomic E-state index is 0.160. The number of hydrogen-bond acceptors (Lipinski definition) is 3. The van der Waals surface area contributed by atoms with Crippen molar-refractivity contribution in [2.75, 3.05) is 17.3 Å². The maximum Gasteiger partial charge on any atom is 0.327 e. The summed E-state index contributed by atoms with van der Waals surface area (Å²) in [5.41, 5.74) is 1.80. The van der Waals surface area contributed by atoms with Crippen LogP contribution in [0.2, 0.25) is 0 Å². The van der Waals surface area contributed by atoms with Crippen molar-refractivity contribution in [3.8, 4) is 0 Å². The van der Waals surface area contributed by atoms with E-state index in [1.165, 1.54) is 16.2 Å². The van der Waals surface area contributed by atoms with Gasteiger partial charge in [-0.2, -0.15) is 0 Å². The van der Waals surface area contributed by atoms with Crippen molar-refractivity contribution in [3.63, 3.8) is 0 Å². The van der Waals surface area contributed by atoms with E-state index in [9.17, 15) is 9.59 Å². The van der Waals surface area contributed by atoms with Crippen molar-refractivity contribution in [2.24, 2.45) is 0 Å². The summed E-state index contributed by atoms with van der Waals surface area (Å²) >= 11 is 1.45. The van der Waals surface area contributed by atoms with Gasteiger partial charge in [0.1, 0.15) is 6.04 Å². The molecule has 1 aromatic heterocycles. The molecular weight excluding hydrogens is 286 g/mol. The molecule has 3 amide bonds. The number of benzene rings is 1. The van der Waals surface area contributed by atoms with E-state index >= 15 is 0 Å². The first-order valence-electron chi connectivity index (χ1n) is 6.64. The van der Waals surface area contributed by atoms with Gasteiger partial charge in [-0.05, 0) is 29.1 Å². The second-order valence-corrected chi connectivity index (χ2v) is 5.69. The van der Waals surface area contributed by atoms with Crippen LogP contribution in [0, 0.1) is 0 Å². The minimum atomic E-state index is -0.507. The lowest BCUT2D eigenvalue weighted by atomic mass is 10.1. The first-order chi connectivity index (χ1) is 10.2. The third-order valence-electron chi connectivity index (χ3n) is 3.50. The Bertz CT molecular complexity index is 669. The Hall–Kier alpha value is -2.34. The first kappa shape index (κ1) is 13.6. The van der Waals surface area contributed by atoms with Gasteiger partial charge in [-0.25, -0.2) is 4.79 Å². The molecule has 5 nitrogen and oxygen atoms in total. The summed E-state index contributed by atoms with van der Waals surface area (Å²) in [4.78, 5) is 26.2. The van der Waals surface area contributed by atoms with Crippen molar-refractivity contribution in [1.82, 2.24) is 5.32 Å². The average Bonchev–Trinajstić information content (AvgIpc) is 3.12. The second kappa shape index (κ2) is 5.57. The standard InChI is InChI=1S/C15H15N3O2S/c1-16-14(19)12-9-10-5-2-3-6-11(10)18(12)15(20)17-13-7-4-8-21-13/h2-8,12H,9H2,1H3,(H,16,19)(H,17,20)/t12-/m0/s1. The van der Waals surface area contributed by atoms with Gasteiger partial charge in [-0.15, -0.1) is 11.3 Å². The molecule has 1 aromatic carbocycles. The zero-order chi connectivity index (χ0) is 14.8. The lowest BCUT2D eigenvalue weighted by molar-refractivity contribution is -0.121. The molecule has 1 aliphatic rings. The quantitative estimate of drug-likeness (QED) is 0.895. The van der Waals surface area contributed by atoms with Gasteiger partial charge < -0.3 is 5.32 Å². The monoisotopic (exact) mass is 301 g/mol. The van der Waals surface area contributed by atoms with Crippen molar-refractivity contribution in [3.05, 3.63) is 47.3 Å². The summed E-state index contributed by atoms with van der Waals surface area (Å²) in [5, 5.41) is 8.12. The van der Waals surface area contributed by atoms with E-state index in [1.54, 1.807) is 7.05 Å². The Balaban J connectivity index is 1.91. The highest BCUT2D eigenvalue weighted by molar-refractivity contribution is 7.14. The van der Waals surface area contributed by atoms with Gasteiger partial charge in [0.05, 0.1) is 5.00 Å². The molecule has 0 fully saturated rings. The van der Waals surface area contributed by atoms with Crippen LogP contribution in [0.1, 0.15) is 5.56 Å². The molecule has 1 aliphatic heterocycles. The summed E-state index contributed by atoms with van der Waals surface area (Å²) in [6, 6.07) is 10.5. The van der Waals surface area contributed by atoms with Gasteiger partial charge >= 0.3 is 6.03 Å². The van der Waals surface area contributed by atoms with E-state index in [2.05, 4.69) is 10.6 Å². The third-order valence-corrected chi connectivity index (χ3v) is 4.28. The van der Waals surface area contributed by atoms with E-state index in [4.69, 9.17) is 0 Å². The molecule has 21 heavy (non-hydrogen) atoms. The number of hydrogen-bond donors (Lipinski definition) is 2. The van der Waals surface area contributed by atoms with Crippen LogP contribution >= 0.6 is 11.3 Å². The number of carbonyl (C=O) groups excluding carboxylic acids is 2. The van der Waals surface area contributed by atoms with Gasteiger partial charge in [0.15, 0.2) is 0 Å². The summed E-state index contributed by atoms with van der Waals surface area (Å²) in [6.45, 7) is 0. The number of para-hydroxylation sites is 1. The smallest absolute Gasteiger partial charge is 0.327 e. The van der Waals surface area contributed by atoms with E-state index in [1.807, 2.05) is 41.8 Å². The lowest BCUT2D eigenvalue weighted by Gasteiger charge is -2.24. The number of anilines is 2. The number of rotatable bonds is 2. The number of fused-ring (bicyclic) bond motifs is 1. The SMILES string of the molecule is CNC(=O)[C@@H]1Cc2ccccc2N1C(=O)Nc1cccs1. The molecule has 1 atom stereocenters. The van der Waals surface area contributed by atoms with E-state index in [0.29, 0.717) is 6.42 Å². The Morgan fingerprint density at radius 2 is 2.05 bits per heavy atom. The highest BCUT2D eigenvalue weighted by Gasteiger charge is 2.37. The zero-order valence-corrected chi connectivity index (χ0v) is 12.3.